The molecule has 0 spiro atoms. The molecule has 0 saturated carbocycles. The number of carbonyl (C=O) groups excluding carboxylic acids is 1. The molecule has 1 heterocycles. The molecule has 4 nitrogen and oxygen atoms in total. The van der Waals surface area contributed by atoms with Crippen molar-refractivity contribution in [2.45, 2.75) is 37.5 Å². The van der Waals surface area contributed by atoms with Crippen LogP contribution in [0.4, 0.5) is 13.6 Å². The summed E-state index contributed by atoms with van der Waals surface area (Å²) >= 11 is 0. The van der Waals surface area contributed by atoms with Gasteiger partial charge in [0.1, 0.15) is 6.10 Å². The summed E-state index contributed by atoms with van der Waals surface area (Å²) in [6, 6.07) is 3.31. The molecule has 1 saturated heterocycles. The third-order valence-corrected chi connectivity index (χ3v) is 4.02. The number of urea groups is 1. The normalized spacial score (nSPS) is 24.6. The Balaban J connectivity index is 1.62. The van der Waals surface area contributed by atoms with E-state index in [4.69, 9.17) is 4.74 Å². The van der Waals surface area contributed by atoms with E-state index in [1.165, 1.54) is 6.07 Å². The number of ether oxygens (including phenoxy) is 1. The highest BCUT2D eigenvalue weighted by Gasteiger charge is 2.31. The number of hydrogen-bond acceptors (Lipinski definition) is 2. The fraction of sp³-hybridized carbons (Fsp3) is 0.438. The van der Waals surface area contributed by atoms with Gasteiger partial charge in [0.25, 0.3) is 0 Å². The summed E-state index contributed by atoms with van der Waals surface area (Å²) in [5.41, 5.74) is 0.532. The monoisotopic (exact) mass is 308 g/mol. The molecule has 0 bridgehead atoms. The van der Waals surface area contributed by atoms with Gasteiger partial charge in [0.05, 0.1) is 6.04 Å². The quantitative estimate of drug-likeness (QED) is 0.844. The molecule has 3 rings (SSSR count). The van der Waals surface area contributed by atoms with E-state index in [0.717, 1.165) is 25.0 Å². The van der Waals surface area contributed by atoms with Gasteiger partial charge < -0.3 is 15.4 Å². The van der Waals surface area contributed by atoms with Gasteiger partial charge in [-0.2, -0.15) is 0 Å². The first-order valence-electron chi connectivity index (χ1n) is 7.42. The average molecular weight is 308 g/mol. The van der Waals surface area contributed by atoms with Crippen LogP contribution in [0.25, 0.3) is 0 Å². The summed E-state index contributed by atoms with van der Waals surface area (Å²) in [5, 5.41) is 5.77. The van der Waals surface area contributed by atoms with Crippen LogP contribution >= 0.6 is 0 Å². The fourth-order valence-electron chi connectivity index (χ4n) is 2.89. The summed E-state index contributed by atoms with van der Waals surface area (Å²) in [6.45, 7) is 0.472. The maximum atomic E-state index is 13.4. The van der Waals surface area contributed by atoms with E-state index in [2.05, 4.69) is 10.6 Å². The van der Waals surface area contributed by atoms with E-state index >= 15 is 0 Å². The zero-order valence-corrected chi connectivity index (χ0v) is 12.0. The van der Waals surface area contributed by atoms with Gasteiger partial charge in [-0.05, 0) is 37.0 Å². The molecule has 1 fully saturated rings. The lowest BCUT2D eigenvalue weighted by Gasteiger charge is -2.22. The number of carbonyl (C=O) groups is 1. The number of rotatable bonds is 3. The van der Waals surface area contributed by atoms with Crippen molar-refractivity contribution in [3.05, 3.63) is 47.5 Å². The van der Waals surface area contributed by atoms with E-state index in [1.807, 2.05) is 12.2 Å². The Morgan fingerprint density at radius 2 is 1.91 bits per heavy atom. The maximum absolute atomic E-state index is 13.4. The molecule has 2 aliphatic rings. The largest absolute Gasteiger partial charge is 0.371 e. The van der Waals surface area contributed by atoms with Crippen LogP contribution in [0.3, 0.4) is 0 Å². The standard InChI is InChI=1S/C16H18F2N2O2/c17-12-6-5-10(9-13(12)18)15-14(7-8-22-15)20-16(21)19-11-3-1-2-4-11/h1-2,5-6,9,11,14-15H,3-4,7-8H2,(H2,19,20,21)/t14-,15+/m1/s1. The summed E-state index contributed by atoms with van der Waals surface area (Å²) in [7, 11) is 0. The van der Waals surface area contributed by atoms with Crippen molar-refractivity contribution >= 4 is 6.03 Å². The SMILES string of the molecule is O=C(NC1CC=CC1)N[C@@H]1CCO[C@H]1c1ccc(F)c(F)c1. The Bertz CT molecular complexity index is 584. The molecule has 2 N–H and O–H groups in total. The van der Waals surface area contributed by atoms with E-state index in [1.54, 1.807) is 0 Å². The van der Waals surface area contributed by atoms with Gasteiger partial charge in [0.2, 0.25) is 0 Å². The van der Waals surface area contributed by atoms with Gasteiger partial charge in [-0.15, -0.1) is 0 Å². The number of nitrogens with one attached hydrogen (secondary N) is 2. The highest BCUT2D eigenvalue weighted by Crippen LogP contribution is 2.30. The lowest BCUT2D eigenvalue weighted by atomic mass is 10.0. The molecular formula is C16H18F2N2O2. The van der Waals surface area contributed by atoms with Gasteiger partial charge in [-0.25, -0.2) is 13.6 Å². The lowest BCUT2D eigenvalue weighted by Crippen LogP contribution is -2.46. The van der Waals surface area contributed by atoms with E-state index in [-0.39, 0.29) is 18.1 Å². The molecule has 0 radical (unpaired) electrons. The van der Waals surface area contributed by atoms with Crippen LogP contribution in [-0.2, 0) is 4.74 Å². The highest BCUT2D eigenvalue weighted by atomic mass is 19.2. The summed E-state index contributed by atoms with van der Waals surface area (Å²) in [5.74, 6) is -1.80. The lowest BCUT2D eigenvalue weighted by molar-refractivity contribution is 0.0994. The van der Waals surface area contributed by atoms with Crippen molar-refractivity contribution in [2.24, 2.45) is 0 Å². The van der Waals surface area contributed by atoms with Gasteiger partial charge in [-0.3, -0.25) is 0 Å². The zero-order chi connectivity index (χ0) is 15.5. The molecule has 118 valence electrons. The summed E-state index contributed by atoms with van der Waals surface area (Å²) in [4.78, 5) is 12.0. The molecule has 1 aliphatic carbocycles. The van der Waals surface area contributed by atoms with Crippen molar-refractivity contribution in [1.29, 1.82) is 0 Å². The minimum absolute atomic E-state index is 0.129. The molecule has 22 heavy (non-hydrogen) atoms. The second kappa shape index (κ2) is 6.44. The molecule has 6 heteroatoms. The minimum atomic E-state index is -0.909. The molecule has 2 atom stereocenters. The maximum Gasteiger partial charge on any atom is 0.315 e. The van der Waals surface area contributed by atoms with Crippen LogP contribution in [0.5, 0.6) is 0 Å². The summed E-state index contributed by atoms with van der Waals surface area (Å²) < 4.78 is 31.9. The van der Waals surface area contributed by atoms with Gasteiger partial charge in [0.15, 0.2) is 11.6 Å². The Morgan fingerprint density at radius 3 is 2.64 bits per heavy atom. The number of halogens is 2. The first-order chi connectivity index (χ1) is 10.6. The van der Waals surface area contributed by atoms with Crippen molar-refractivity contribution in [1.82, 2.24) is 10.6 Å². The molecule has 0 aromatic heterocycles. The topological polar surface area (TPSA) is 50.4 Å². The van der Waals surface area contributed by atoms with Gasteiger partial charge >= 0.3 is 6.03 Å². The number of hydrogen-bond donors (Lipinski definition) is 2. The number of amides is 2. The highest BCUT2D eigenvalue weighted by molar-refractivity contribution is 5.74. The van der Waals surface area contributed by atoms with Crippen LogP contribution < -0.4 is 10.6 Å². The fourth-order valence-corrected chi connectivity index (χ4v) is 2.89. The molecule has 1 aromatic rings. The average Bonchev–Trinajstić information content (AvgIpc) is 3.13. The molecular weight excluding hydrogens is 290 g/mol. The first-order valence-corrected chi connectivity index (χ1v) is 7.42. The first kappa shape index (κ1) is 15.0. The van der Waals surface area contributed by atoms with Crippen molar-refractivity contribution in [2.75, 3.05) is 6.61 Å². The van der Waals surface area contributed by atoms with Crippen molar-refractivity contribution < 1.29 is 18.3 Å². The van der Waals surface area contributed by atoms with E-state index in [9.17, 15) is 13.6 Å². The predicted molar refractivity (Wildman–Crippen MR) is 77.3 cm³/mol. The summed E-state index contributed by atoms with van der Waals surface area (Å²) in [6.07, 6.45) is 5.92. The molecule has 1 aromatic carbocycles. The van der Waals surface area contributed by atoms with E-state index < -0.39 is 17.7 Å². The minimum Gasteiger partial charge on any atom is -0.371 e. The molecule has 2 amide bonds. The molecule has 0 unspecified atom stereocenters. The smallest absolute Gasteiger partial charge is 0.315 e. The second-order valence-electron chi connectivity index (χ2n) is 5.62. The number of benzene rings is 1. The van der Waals surface area contributed by atoms with E-state index in [0.29, 0.717) is 18.6 Å². The van der Waals surface area contributed by atoms with Gasteiger partial charge in [-0.1, -0.05) is 18.2 Å². The van der Waals surface area contributed by atoms with Crippen LogP contribution in [0, 0.1) is 11.6 Å². The van der Waals surface area contributed by atoms with Crippen LogP contribution in [-0.4, -0.2) is 24.7 Å². The Morgan fingerprint density at radius 1 is 1.14 bits per heavy atom. The van der Waals surface area contributed by atoms with Crippen molar-refractivity contribution in [3.63, 3.8) is 0 Å². The van der Waals surface area contributed by atoms with Crippen LogP contribution in [0.2, 0.25) is 0 Å². The zero-order valence-electron chi connectivity index (χ0n) is 12.0. The third-order valence-electron chi connectivity index (χ3n) is 4.02. The van der Waals surface area contributed by atoms with Crippen molar-refractivity contribution in [3.8, 4) is 0 Å². The Kier molecular flexibility index (Phi) is 4.38. The molecule has 1 aliphatic heterocycles. The van der Waals surface area contributed by atoms with Gasteiger partial charge in [0, 0.05) is 12.6 Å². The predicted octanol–water partition coefficient (Wildman–Crippen LogP) is 2.81. The van der Waals surface area contributed by atoms with Crippen LogP contribution in [0.15, 0.2) is 30.4 Å². The third kappa shape index (κ3) is 3.27. The Labute approximate surface area is 127 Å². The Hall–Kier alpha value is -1.95. The van der Waals surface area contributed by atoms with Crippen LogP contribution in [0.1, 0.15) is 30.9 Å². The second-order valence-corrected chi connectivity index (χ2v) is 5.62.